The monoisotopic (exact) mass is 792 g/mol. The maximum Gasteiger partial charge on any atom is 0.0434 e. The highest BCUT2D eigenvalue weighted by atomic mass is 14.7. The smallest absolute Gasteiger partial charge is 0.0434 e. The van der Waals surface area contributed by atoms with Crippen molar-refractivity contribution in [1.82, 2.24) is 29.9 Å². The predicted molar refractivity (Wildman–Crippen MR) is 238 cm³/mol. The van der Waals surface area contributed by atoms with Gasteiger partial charge in [0.2, 0.25) is 0 Å². The molecule has 4 saturated carbocycles. The zero-order valence-electron chi connectivity index (χ0n) is 35.0. The van der Waals surface area contributed by atoms with Gasteiger partial charge in [0.25, 0.3) is 0 Å². The normalized spacial score (nSPS) is 32.2. The highest BCUT2D eigenvalue weighted by Crippen LogP contribution is 2.57. The van der Waals surface area contributed by atoms with Gasteiger partial charge in [-0.25, -0.2) is 0 Å². The first kappa shape index (κ1) is 39.1. The average Bonchev–Trinajstić information content (AvgIpc) is 3.35. The van der Waals surface area contributed by atoms with Crippen molar-refractivity contribution >= 4 is 0 Å². The van der Waals surface area contributed by atoms with Gasteiger partial charge in [0.15, 0.2) is 0 Å². The molecule has 0 spiro atoms. The summed E-state index contributed by atoms with van der Waals surface area (Å²) in [6.07, 6.45) is 33.1. The summed E-state index contributed by atoms with van der Waals surface area (Å²) in [5.74, 6) is 6.96. The van der Waals surface area contributed by atoms with Gasteiger partial charge in [-0.15, -0.1) is 0 Å². The lowest BCUT2D eigenvalue weighted by Gasteiger charge is -2.49. The van der Waals surface area contributed by atoms with Gasteiger partial charge >= 0.3 is 0 Å². The molecule has 4 aliphatic rings. The Bertz CT molecular complexity index is 1950. The molecule has 6 aromatic rings. The Balaban J connectivity index is 0.977. The lowest BCUT2D eigenvalue weighted by Crippen LogP contribution is -2.38. The van der Waals surface area contributed by atoms with E-state index in [4.69, 9.17) is 15.0 Å². The van der Waals surface area contributed by atoms with Crippen LogP contribution in [0.25, 0.3) is 0 Å². The molecule has 6 heteroatoms. The van der Waals surface area contributed by atoms with Gasteiger partial charge < -0.3 is 0 Å². The van der Waals surface area contributed by atoms with Crippen LogP contribution in [-0.4, -0.2) is 29.9 Å². The highest BCUT2D eigenvalue weighted by molar-refractivity contribution is 5.24. The maximum atomic E-state index is 5.08. The van der Waals surface area contributed by atoms with E-state index in [0.29, 0.717) is 71.0 Å². The van der Waals surface area contributed by atoms with Gasteiger partial charge in [-0.3, -0.25) is 29.9 Å². The molecule has 0 aliphatic heterocycles. The van der Waals surface area contributed by atoms with Crippen LogP contribution in [0, 0.1) is 35.5 Å². The van der Waals surface area contributed by atoms with Crippen LogP contribution in [0.5, 0.6) is 0 Å². The van der Waals surface area contributed by atoms with Gasteiger partial charge in [-0.05, 0) is 214 Å². The van der Waals surface area contributed by atoms with E-state index in [9.17, 15) is 0 Å². The fraction of sp³-hybridized carbons (Fsp3) is 0.444. The molecule has 0 aromatic carbocycles. The minimum atomic E-state index is 0.455. The standard InChI is InChI=1S/C54H60N6/c1-4-17-58-52(9-1)49-31-46(43-25-40(37-12-20-55-21-13-37)24-42(28-43)39-8-7-16-57-36-39)30-47(32-49)44-26-41(38-14-22-56-23-15-38)27-45(29-44)48-33-50(53-10-2-5-18-59-53)35-51(34-48)54-11-3-6-19-60-54/h1-23,36,40-51H,24-35H2. The number of hydrogen-bond donors (Lipinski definition) is 0. The molecule has 0 amide bonds. The fourth-order valence-electron chi connectivity index (χ4n) is 13.1. The summed E-state index contributed by atoms with van der Waals surface area (Å²) in [6.45, 7) is 0. The summed E-state index contributed by atoms with van der Waals surface area (Å²) >= 11 is 0. The van der Waals surface area contributed by atoms with Gasteiger partial charge in [-0.1, -0.05) is 24.3 Å². The largest absolute Gasteiger partial charge is 0.265 e. The van der Waals surface area contributed by atoms with E-state index in [1.165, 1.54) is 104 Å². The third-order valence-electron chi connectivity index (χ3n) is 15.9. The molecule has 6 aromatic heterocycles. The molecular weight excluding hydrogens is 733 g/mol. The summed E-state index contributed by atoms with van der Waals surface area (Å²) in [4.78, 5) is 28.5. The second-order valence-electron chi connectivity index (χ2n) is 19.2. The van der Waals surface area contributed by atoms with E-state index < -0.39 is 0 Å². The summed E-state index contributed by atoms with van der Waals surface area (Å²) < 4.78 is 0. The van der Waals surface area contributed by atoms with E-state index in [1.807, 2.05) is 49.6 Å². The third kappa shape index (κ3) is 8.85. The maximum absolute atomic E-state index is 5.08. The van der Waals surface area contributed by atoms with Crippen LogP contribution in [-0.2, 0) is 0 Å². The molecule has 11 unspecified atom stereocenters. The first-order valence-electron chi connectivity index (χ1n) is 23.1. The van der Waals surface area contributed by atoms with Crippen molar-refractivity contribution in [2.45, 2.75) is 113 Å². The minimum Gasteiger partial charge on any atom is -0.265 e. The molecule has 4 fully saturated rings. The van der Waals surface area contributed by atoms with Crippen molar-refractivity contribution in [3.05, 3.63) is 181 Å². The first-order valence-corrected chi connectivity index (χ1v) is 23.1. The molecule has 6 heterocycles. The molecule has 6 nitrogen and oxygen atoms in total. The molecule has 60 heavy (non-hydrogen) atoms. The topological polar surface area (TPSA) is 77.3 Å². The molecule has 11 atom stereocenters. The van der Waals surface area contributed by atoms with Crippen molar-refractivity contribution in [3.8, 4) is 0 Å². The molecular formula is C54H60N6. The number of rotatable bonds is 9. The average molecular weight is 793 g/mol. The number of hydrogen-bond acceptors (Lipinski definition) is 6. The van der Waals surface area contributed by atoms with Gasteiger partial charge in [-0.2, -0.15) is 0 Å². The summed E-state index contributed by atoms with van der Waals surface area (Å²) in [5.41, 5.74) is 8.17. The van der Waals surface area contributed by atoms with Crippen molar-refractivity contribution in [1.29, 1.82) is 0 Å². The SMILES string of the molecule is c1ccc(C2CC(c3ccccn3)CC(C3CC(c4ccncc4)CC(C4CC(c5ccccn5)CC(C5CC(c6ccncc6)CC(c6cccnc6)C5)C4)C3)C2)nc1. The lowest BCUT2D eigenvalue weighted by molar-refractivity contribution is 0.0526. The zero-order chi connectivity index (χ0) is 40.1. The predicted octanol–water partition coefficient (Wildman–Crippen LogP) is 12.5. The third-order valence-corrected chi connectivity index (χ3v) is 15.9. The molecule has 4 aliphatic carbocycles. The van der Waals surface area contributed by atoms with Gasteiger partial charge in [0.1, 0.15) is 0 Å². The van der Waals surface area contributed by atoms with Crippen LogP contribution < -0.4 is 0 Å². The fourth-order valence-corrected chi connectivity index (χ4v) is 13.1. The molecule has 0 saturated heterocycles. The summed E-state index contributed by atoms with van der Waals surface area (Å²) in [7, 11) is 0. The van der Waals surface area contributed by atoms with Crippen molar-refractivity contribution < 1.29 is 0 Å². The Morgan fingerprint density at radius 2 is 0.633 bits per heavy atom. The Kier molecular flexibility index (Phi) is 11.9. The van der Waals surface area contributed by atoms with Crippen LogP contribution in [0.3, 0.4) is 0 Å². The van der Waals surface area contributed by atoms with Crippen LogP contribution in [0.4, 0.5) is 0 Å². The molecule has 306 valence electrons. The number of pyridine rings is 6. The molecule has 0 radical (unpaired) electrons. The van der Waals surface area contributed by atoms with E-state index in [-0.39, 0.29) is 0 Å². The van der Waals surface area contributed by atoms with Gasteiger partial charge in [0.05, 0.1) is 0 Å². The van der Waals surface area contributed by atoms with Crippen LogP contribution in [0.2, 0.25) is 0 Å². The van der Waals surface area contributed by atoms with Crippen LogP contribution >= 0.6 is 0 Å². The zero-order valence-corrected chi connectivity index (χ0v) is 35.0. The second-order valence-corrected chi connectivity index (χ2v) is 19.2. The van der Waals surface area contributed by atoms with E-state index in [0.717, 1.165) is 6.42 Å². The van der Waals surface area contributed by atoms with E-state index in [2.05, 4.69) is 112 Å². The van der Waals surface area contributed by atoms with E-state index >= 15 is 0 Å². The quantitative estimate of drug-likeness (QED) is 0.145. The van der Waals surface area contributed by atoms with E-state index in [1.54, 1.807) is 0 Å². The lowest BCUT2D eigenvalue weighted by atomic mass is 9.56. The Morgan fingerprint density at radius 3 is 1.03 bits per heavy atom. The van der Waals surface area contributed by atoms with Crippen molar-refractivity contribution in [2.75, 3.05) is 0 Å². The first-order chi connectivity index (χ1) is 29.7. The number of aromatic nitrogens is 6. The van der Waals surface area contributed by atoms with Crippen molar-refractivity contribution in [2.24, 2.45) is 35.5 Å². The second kappa shape index (κ2) is 18.3. The Hall–Kier alpha value is -5.10. The Morgan fingerprint density at radius 1 is 0.267 bits per heavy atom. The summed E-state index contributed by atoms with van der Waals surface area (Å²) in [6, 6.07) is 33.3. The number of nitrogens with zero attached hydrogens (tertiary/aromatic N) is 6. The van der Waals surface area contributed by atoms with Crippen LogP contribution in [0.1, 0.15) is 146 Å². The molecule has 10 rings (SSSR count). The molecule has 0 N–H and O–H groups in total. The Labute approximate surface area is 357 Å². The minimum absolute atomic E-state index is 0.455. The van der Waals surface area contributed by atoms with Gasteiger partial charge in [0, 0.05) is 90.6 Å². The summed E-state index contributed by atoms with van der Waals surface area (Å²) in [5, 5.41) is 0. The van der Waals surface area contributed by atoms with Crippen molar-refractivity contribution in [3.63, 3.8) is 0 Å². The van der Waals surface area contributed by atoms with Crippen LogP contribution in [0.15, 0.2) is 147 Å². The highest BCUT2D eigenvalue weighted by Gasteiger charge is 2.45. The molecule has 0 bridgehead atoms.